The van der Waals surface area contributed by atoms with E-state index in [9.17, 15) is 15.2 Å². The van der Waals surface area contributed by atoms with E-state index in [2.05, 4.69) is 5.32 Å². The van der Waals surface area contributed by atoms with Crippen LogP contribution < -0.4 is 9.88 Å². The van der Waals surface area contributed by atoms with Crippen LogP contribution in [0.1, 0.15) is 16.7 Å². The van der Waals surface area contributed by atoms with Crippen LogP contribution in [0.25, 0.3) is 11.5 Å². The Morgan fingerprint density at radius 3 is 2.45 bits per heavy atom. The van der Waals surface area contributed by atoms with E-state index >= 15 is 0 Å². The van der Waals surface area contributed by atoms with Gasteiger partial charge in [0.25, 0.3) is 11.4 Å². The molecule has 3 aromatic rings. The van der Waals surface area contributed by atoms with E-state index in [0.29, 0.717) is 11.3 Å². The molecule has 7 heteroatoms. The smallest absolute Gasteiger partial charge is 0.288 e. The number of aliphatic hydroxyl groups is 1. The van der Waals surface area contributed by atoms with Gasteiger partial charge in [-0.15, -0.1) is 0 Å². The molecule has 2 N–H and O–H groups in total. The number of hydrogen-bond acceptors (Lipinski definition) is 4. The molecule has 0 fully saturated rings. The second-order valence-corrected chi connectivity index (χ2v) is 6.97. The zero-order valence-electron chi connectivity index (χ0n) is 16.0. The summed E-state index contributed by atoms with van der Waals surface area (Å²) in [6, 6.07) is 17.2. The van der Waals surface area contributed by atoms with Gasteiger partial charge in [-0.25, -0.2) is 0 Å². The van der Waals surface area contributed by atoms with Gasteiger partial charge in [0.1, 0.15) is 0 Å². The minimum atomic E-state index is -0.502. The van der Waals surface area contributed by atoms with Gasteiger partial charge in [-0.05, 0) is 25.5 Å². The third kappa shape index (κ3) is 4.64. The summed E-state index contributed by atoms with van der Waals surface area (Å²) in [5, 5.41) is 25.3. The number of aromatic nitrogens is 1. The average Bonchev–Trinajstić information content (AvgIpc) is 2.71. The number of pyridine rings is 1. The Kier molecular flexibility index (Phi) is 5.99. The average molecular weight is 406 g/mol. The highest BCUT2D eigenvalue weighted by atomic mass is 32.1. The number of hydrogen-bond donors (Lipinski definition) is 2. The van der Waals surface area contributed by atoms with Gasteiger partial charge >= 0.3 is 0 Å². The van der Waals surface area contributed by atoms with E-state index in [1.54, 1.807) is 35.2 Å². The van der Waals surface area contributed by atoms with E-state index in [1.807, 2.05) is 38.1 Å². The van der Waals surface area contributed by atoms with Crippen LogP contribution in [0.4, 0.5) is 11.4 Å². The first kappa shape index (κ1) is 20.2. The standard InChI is InChI=1S/C22H19N3O3S/c1-15-9-10-19(16(2)13-15)23-22(29)20(24-11-4-3-5-12-24)21(26)17-7-6-8-18(14-17)25(27)28/h3-14H,1-2H3,(H-,23,26,29)/p+1. The fourth-order valence-electron chi connectivity index (χ4n) is 2.93. The predicted octanol–water partition coefficient (Wildman–Crippen LogP) is 4.82. The summed E-state index contributed by atoms with van der Waals surface area (Å²) in [5.74, 6) is -0.160. The summed E-state index contributed by atoms with van der Waals surface area (Å²) in [6.45, 7) is 3.98. The first-order valence-corrected chi connectivity index (χ1v) is 9.31. The van der Waals surface area contributed by atoms with Crippen molar-refractivity contribution in [3.8, 4) is 0 Å². The predicted molar refractivity (Wildman–Crippen MR) is 118 cm³/mol. The maximum Gasteiger partial charge on any atom is 0.288 e. The molecule has 6 nitrogen and oxygen atoms in total. The second-order valence-electron chi connectivity index (χ2n) is 6.56. The fourth-order valence-corrected chi connectivity index (χ4v) is 3.25. The summed E-state index contributed by atoms with van der Waals surface area (Å²) < 4.78 is 1.67. The molecule has 0 saturated heterocycles. The molecule has 0 atom stereocenters. The molecule has 0 bridgehead atoms. The Morgan fingerprint density at radius 1 is 1.07 bits per heavy atom. The fraction of sp³-hybridized carbons (Fsp3) is 0.0909. The minimum absolute atomic E-state index is 0.111. The van der Waals surface area contributed by atoms with Crippen LogP contribution in [0.3, 0.4) is 0 Å². The number of nitrogens with zero attached hydrogens (tertiary/aromatic N) is 2. The number of nitro groups is 1. The number of thiocarbonyl (C=S) groups is 1. The van der Waals surface area contributed by atoms with Crippen molar-refractivity contribution in [2.24, 2.45) is 0 Å². The van der Waals surface area contributed by atoms with Crippen molar-refractivity contribution in [3.63, 3.8) is 0 Å². The van der Waals surface area contributed by atoms with Crippen LogP contribution in [0.5, 0.6) is 0 Å². The van der Waals surface area contributed by atoms with Gasteiger partial charge in [-0.2, -0.15) is 4.57 Å². The molecule has 0 saturated carbocycles. The van der Waals surface area contributed by atoms with Crippen molar-refractivity contribution in [1.82, 2.24) is 0 Å². The van der Waals surface area contributed by atoms with Crippen LogP contribution in [0.2, 0.25) is 0 Å². The maximum atomic E-state index is 11.1. The molecule has 0 spiro atoms. The highest BCUT2D eigenvalue weighted by molar-refractivity contribution is 7.81. The molecule has 29 heavy (non-hydrogen) atoms. The van der Waals surface area contributed by atoms with Gasteiger partial charge in [0, 0.05) is 35.5 Å². The quantitative estimate of drug-likeness (QED) is 0.159. The molecule has 0 aliphatic carbocycles. The van der Waals surface area contributed by atoms with Crippen LogP contribution >= 0.6 is 12.2 Å². The number of nitro benzene ring substituents is 1. The molecule has 146 valence electrons. The number of non-ortho nitro benzene ring substituents is 1. The highest BCUT2D eigenvalue weighted by Gasteiger charge is 2.25. The van der Waals surface area contributed by atoms with Gasteiger partial charge < -0.3 is 10.4 Å². The zero-order valence-corrected chi connectivity index (χ0v) is 16.8. The Balaban J connectivity index is 2.09. The number of nitrogens with one attached hydrogen (secondary N) is 1. The van der Waals surface area contributed by atoms with E-state index in [1.165, 1.54) is 18.2 Å². The van der Waals surface area contributed by atoms with Crippen LogP contribution in [-0.4, -0.2) is 15.0 Å². The van der Waals surface area contributed by atoms with Crippen molar-refractivity contribution < 1.29 is 14.6 Å². The van der Waals surface area contributed by atoms with Crippen molar-refractivity contribution in [3.05, 3.63) is 99.9 Å². The number of rotatable bonds is 5. The summed E-state index contributed by atoms with van der Waals surface area (Å²) in [6.07, 6.45) is 3.50. The lowest BCUT2D eigenvalue weighted by molar-refractivity contribution is -0.575. The van der Waals surface area contributed by atoms with Crippen molar-refractivity contribution in [2.75, 3.05) is 5.32 Å². The van der Waals surface area contributed by atoms with E-state index in [-0.39, 0.29) is 16.4 Å². The van der Waals surface area contributed by atoms with Crippen molar-refractivity contribution >= 4 is 40.0 Å². The third-order valence-electron chi connectivity index (χ3n) is 4.37. The lowest BCUT2D eigenvalue weighted by atomic mass is 10.1. The number of anilines is 1. The number of benzene rings is 2. The Bertz CT molecular complexity index is 1110. The molecule has 2 aromatic carbocycles. The summed E-state index contributed by atoms with van der Waals surface area (Å²) in [4.78, 5) is 10.9. The summed E-state index contributed by atoms with van der Waals surface area (Å²) >= 11 is 5.61. The van der Waals surface area contributed by atoms with E-state index in [4.69, 9.17) is 12.2 Å². The van der Waals surface area contributed by atoms with Crippen LogP contribution in [-0.2, 0) is 0 Å². The van der Waals surface area contributed by atoms with Gasteiger partial charge in [-0.1, -0.05) is 48.1 Å². The second kappa shape index (κ2) is 8.62. The Morgan fingerprint density at radius 2 is 1.79 bits per heavy atom. The van der Waals surface area contributed by atoms with Crippen molar-refractivity contribution in [2.45, 2.75) is 13.8 Å². The van der Waals surface area contributed by atoms with Gasteiger partial charge in [0.15, 0.2) is 23.1 Å². The van der Waals surface area contributed by atoms with Crippen LogP contribution in [0, 0.1) is 24.0 Å². The molecule has 0 aliphatic heterocycles. The lowest BCUT2D eigenvalue weighted by Crippen LogP contribution is -2.38. The van der Waals surface area contributed by atoms with Crippen LogP contribution in [0.15, 0.2) is 73.1 Å². The summed E-state index contributed by atoms with van der Waals surface area (Å²) in [5.41, 5.74) is 3.48. The molecule has 0 unspecified atom stereocenters. The molecule has 0 radical (unpaired) electrons. The van der Waals surface area contributed by atoms with Gasteiger partial charge in [0.05, 0.1) is 4.92 Å². The number of aliphatic hydroxyl groups excluding tert-OH is 1. The van der Waals surface area contributed by atoms with E-state index in [0.717, 1.165) is 16.8 Å². The Labute approximate surface area is 173 Å². The van der Waals surface area contributed by atoms with Gasteiger partial charge in [-0.3, -0.25) is 10.1 Å². The zero-order chi connectivity index (χ0) is 21.0. The van der Waals surface area contributed by atoms with Gasteiger partial charge in [0.2, 0.25) is 0 Å². The first-order valence-electron chi connectivity index (χ1n) is 8.90. The Hall–Kier alpha value is -3.58. The largest absolute Gasteiger partial charge is 0.502 e. The molecule has 0 amide bonds. The molecular weight excluding hydrogens is 386 g/mol. The third-order valence-corrected chi connectivity index (χ3v) is 4.67. The normalized spacial score (nSPS) is 11.5. The molecule has 1 heterocycles. The van der Waals surface area contributed by atoms with E-state index < -0.39 is 4.92 Å². The highest BCUT2D eigenvalue weighted by Crippen LogP contribution is 2.23. The lowest BCUT2D eigenvalue weighted by Gasteiger charge is -2.12. The van der Waals surface area contributed by atoms with Crippen molar-refractivity contribution in [1.29, 1.82) is 0 Å². The molecule has 3 rings (SSSR count). The molecular formula is C22H20N3O3S+. The topological polar surface area (TPSA) is 79.3 Å². The molecule has 1 aromatic heterocycles. The maximum absolute atomic E-state index is 11.1. The monoisotopic (exact) mass is 406 g/mol. The minimum Gasteiger partial charge on any atom is -0.502 e. The molecule has 0 aliphatic rings. The number of aryl methyl sites for hydroxylation is 2. The SMILES string of the molecule is Cc1ccc(NC(=S)C(=C(O)c2cccc([N+](=O)[O-])c2)[n+]2ccccc2)c(C)c1. The first-order chi connectivity index (χ1) is 13.9. The summed E-state index contributed by atoms with van der Waals surface area (Å²) in [7, 11) is 0.